The Morgan fingerprint density at radius 2 is 1.79 bits per heavy atom. The first-order chi connectivity index (χ1) is 13.5. The van der Waals surface area contributed by atoms with Crippen LogP contribution in [0.2, 0.25) is 5.02 Å². The van der Waals surface area contributed by atoms with Crippen LogP contribution in [0.15, 0.2) is 48.5 Å². The standard InChI is InChI=1S/C21H22ClN3O3/c1-15(26)23-18-6-2-16(3-7-18)4-9-21(27)24-19-14-17(22)5-8-20(19)25-10-12-28-13-11-25/h2-9,14H,10-13H2,1H3,(H,23,26)(H,24,27)/b9-4+. The molecule has 6 nitrogen and oxygen atoms in total. The van der Waals surface area contributed by atoms with Crippen LogP contribution >= 0.6 is 11.6 Å². The number of benzene rings is 2. The normalized spacial score (nSPS) is 14.1. The molecule has 0 aliphatic carbocycles. The van der Waals surface area contributed by atoms with Gasteiger partial charge in [-0.15, -0.1) is 0 Å². The summed E-state index contributed by atoms with van der Waals surface area (Å²) < 4.78 is 5.39. The fourth-order valence-electron chi connectivity index (χ4n) is 2.92. The van der Waals surface area contributed by atoms with Crippen molar-refractivity contribution in [3.05, 3.63) is 59.1 Å². The molecule has 2 N–H and O–H groups in total. The van der Waals surface area contributed by atoms with E-state index in [1.54, 1.807) is 24.3 Å². The lowest BCUT2D eigenvalue weighted by molar-refractivity contribution is -0.114. The number of ether oxygens (including phenoxy) is 1. The van der Waals surface area contributed by atoms with E-state index in [1.165, 1.54) is 13.0 Å². The van der Waals surface area contributed by atoms with Crippen molar-refractivity contribution in [1.82, 2.24) is 0 Å². The van der Waals surface area contributed by atoms with Gasteiger partial charge in [-0.05, 0) is 42.0 Å². The molecule has 1 aliphatic rings. The first-order valence-electron chi connectivity index (χ1n) is 9.00. The van der Waals surface area contributed by atoms with Crippen molar-refractivity contribution in [2.45, 2.75) is 6.92 Å². The van der Waals surface area contributed by atoms with E-state index in [-0.39, 0.29) is 11.8 Å². The van der Waals surface area contributed by atoms with Gasteiger partial charge in [-0.3, -0.25) is 9.59 Å². The lowest BCUT2D eigenvalue weighted by Gasteiger charge is -2.30. The number of hydrogen-bond donors (Lipinski definition) is 2. The predicted octanol–water partition coefficient (Wildman–Crippen LogP) is 3.79. The molecule has 0 saturated carbocycles. The summed E-state index contributed by atoms with van der Waals surface area (Å²) in [6.07, 6.45) is 3.18. The van der Waals surface area contributed by atoms with E-state index in [0.717, 1.165) is 24.3 Å². The van der Waals surface area contributed by atoms with Crippen molar-refractivity contribution in [3.63, 3.8) is 0 Å². The van der Waals surface area contributed by atoms with Gasteiger partial charge in [0.05, 0.1) is 24.6 Å². The Morgan fingerprint density at radius 1 is 1.07 bits per heavy atom. The summed E-state index contributed by atoms with van der Waals surface area (Å²) in [5.41, 5.74) is 3.16. The van der Waals surface area contributed by atoms with Crippen molar-refractivity contribution in [3.8, 4) is 0 Å². The van der Waals surface area contributed by atoms with Gasteiger partial charge in [0.25, 0.3) is 0 Å². The minimum atomic E-state index is -0.247. The molecule has 0 atom stereocenters. The van der Waals surface area contributed by atoms with E-state index in [4.69, 9.17) is 16.3 Å². The molecule has 1 fully saturated rings. The molecule has 0 radical (unpaired) electrons. The molecule has 7 heteroatoms. The van der Waals surface area contributed by atoms with Crippen LogP contribution in [0.4, 0.5) is 17.1 Å². The predicted molar refractivity (Wildman–Crippen MR) is 113 cm³/mol. The Bertz CT molecular complexity index is 875. The first-order valence-corrected chi connectivity index (χ1v) is 9.38. The van der Waals surface area contributed by atoms with E-state index in [2.05, 4.69) is 15.5 Å². The number of carbonyl (C=O) groups excluding carboxylic acids is 2. The molecular weight excluding hydrogens is 378 g/mol. The van der Waals surface area contributed by atoms with Gasteiger partial charge in [0.15, 0.2) is 0 Å². The molecule has 1 saturated heterocycles. The van der Waals surface area contributed by atoms with Crippen LogP contribution < -0.4 is 15.5 Å². The van der Waals surface area contributed by atoms with E-state index < -0.39 is 0 Å². The number of amides is 2. The van der Waals surface area contributed by atoms with Crippen molar-refractivity contribution < 1.29 is 14.3 Å². The Hall–Kier alpha value is -2.83. The van der Waals surface area contributed by atoms with Crippen molar-refractivity contribution in [1.29, 1.82) is 0 Å². The highest BCUT2D eigenvalue weighted by atomic mass is 35.5. The average Bonchev–Trinajstić information content (AvgIpc) is 2.68. The number of rotatable bonds is 5. The van der Waals surface area contributed by atoms with Crippen molar-refractivity contribution in [2.24, 2.45) is 0 Å². The van der Waals surface area contributed by atoms with E-state index in [1.807, 2.05) is 24.3 Å². The van der Waals surface area contributed by atoms with E-state index >= 15 is 0 Å². The van der Waals surface area contributed by atoms with Gasteiger partial charge in [-0.25, -0.2) is 0 Å². The lowest BCUT2D eigenvalue weighted by Crippen LogP contribution is -2.36. The second-order valence-electron chi connectivity index (χ2n) is 6.39. The fourth-order valence-corrected chi connectivity index (χ4v) is 3.09. The monoisotopic (exact) mass is 399 g/mol. The van der Waals surface area contributed by atoms with Gasteiger partial charge in [0, 0.05) is 36.8 Å². The first kappa shape index (κ1) is 19.9. The van der Waals surface area contributed by atoms with Crippen molar-refractivity contribution in [2.75, 3.05) is 41.8 Å². The summed E-state index contributed by atoms with van der Waals surface area (Å²) in [6, 6.07) is 12.7. The molecule has 2 aromatic carbocycles. The number of hydrogen-bond acceptors (Lipinski definition) is 4. The highest BCUT2D eigenvalue weighted by Gasteiger charge is 2.16. The molecule has 2 aromatic rings. The third-order valence-electron chi connectivity index (χ3n) is 4.23. The zero-order chi connectivity index (χ0) is 19.9. The summed E-state index contributed by atoms with van der Waals surface area (Å²) in [6.45, 7) is 4.30. The number of nitrogens with one attached hydrogen (secondary N) is 2. The van der Waals surface area contributed by atoms with Gasteiger partial charge in [0.1, 0.15) is 0 Å². The van der Waals surface area contributed by atoms with Crippen LogP contribution in [0.3, 0.4) is 0 Å². The molecule has 0 aromatic heterocycles. The molecule has 2 amide bonds. The van der Waals surface area contributed by atoms with Gasteiger partial charge in [-0.1, -0.05) is 23.7 Å². The zero-order valence-corrected chi connectivity index (χ0v) is 16.3. The smallest absolute Gasteiger partial charge is 0.248 e. The molecule has 146 valence electrons. The Labute approximate surface area is 169 Å². The van der Waals surface area contributed by atoms with Gasteiger partial charge in [0.2, 0.25) is 11.8 Å². The molecule has 0 bridgehead atoms. The highest BCUT2D eigenvalue weighted by molar-refractivity contribution is 6.31. The quantitative estimate of drug-likeness (QED) is 0.750. The molecule has 1 aliphatic heterocycles. The second kappa shape index (κ2) is 9.39. The Balaban J connectivity index is 1.68. The fraction of sp³-hybridized carbons (Fsp3) is 0.238. The maximum Gasteiger partial charge on any atom is 0.248 e. The van der Waals surface area contributed by atoms with Crippen LogP contribution in [0.25, 0.3) is 6.08 Å². The highest BCUT2D eigenvalue weighted by Crippen LogP contribution is 2.30. The van der Waals surface area contributed by atoms with Gasteiger partial charge >= 0.3 is 0 Å². The molecule has 1 heterocycles. The largest absolute Gasteiger partial charge is 0.378 e. The SMILES string of the molecule is CC(=O)Nc1ccc(/C=C/C(=O)Nc2cc(Cl)ccc2N2CCOCC2)cc1. The minimum Gasteiger partial charge on any atom is -0.378 e. The number of anilines is 3. The third kappa shape index (κ3) is 5.58. The Morgan fingerprint density at radius 3 is 2.46 bits per heavy atom. The van der Waals surface area contributed by atoms with Crippen molar-refractivity contribution >= 4 is 46.6 Å². The minimum absolute atomic E-state index is 0.125. The zero-order valence-electron chi connectivity index (χ0n) is 15.6. The summed E-state index contributed by atoms with van der Waals surface area (Å²) in [4.78, 5) is 25.6. The van der Waals surface area contributed by atoms with Crippen LogP contribution in [-0.2, 0) is 14.3 Å². The molecule has 0 spiro atoms. The van der Waals surface area contributed by atoms with Crippen LogP contribution in [0, 0.1) is 0 Å². The molecule has 28 heavy (non-hydrogen) atoms. The average molecular weight is 400 g/mol. The van der Waals surface area contributed by atoms with Gasteiger partial charge < -0.3 is 20.3 Å². The molecule has 3 rings (SSSR count). The summed E-state index contributed by atoms with van der Waals surface area (Å²) >= 11 is 6.12. The van der Waals surface area contributed by atoms with Crippen LogP contribution in [-0.4, -0.2) is 38.1 Å². The third-order valence-corrected chi connectivity index (χ3v) is 4.46. The number of halogens is 1. The van der Waals surface area contributed by atoms with E-state index in [9.17, 15) is 9.59 Å². The summed E-state index contributed by atoms with van der Waals surface area (Å²) in [5.74, 6) is -0.372. The number of nitrogens with zero attached hydrogens (tertiary/aromatic N) is 1. The summed E-state index contributed by atoms with van der Waals surface area (Å²) in [7, 11) is 0. The molecule has 0 unspecified atom stereocenters. The van der Waals surface area contributed by atoms with Gasteiger partial charge in [-0.2, -0.15) is 0 Å². The maximum atomic E-state index is 12.4. The number of carbonyl (C=O) groups is 2. The van der Waals surface area contributed by atoms with E-state index in [0.29, 0.717) is 29.6 Å². The second-order valence-corrected chi connectivity index (χ2v) is 6.82. The molecular formula is C21H22ClN3O3. The topological polar surface area (TPSA) is 70.7 Å². The lowest BCUT2D eigenvalue weighted by atomic mass is 10.2. The summed E-state index contributed by atoms with van der Waals surface area (Å²) in [5, 5.41) is 6.17. The maximum absolute atomic E-state index is 12.4. The Kier molecular flexibility index (Phi) is 6.68. The number of morpholine rings is 1. The van der Waals surface area contributed by atoms with Crippen LogP contribution in [0.1, 0.15) is 12.5 Å². The van der Waals surface area contributed by atoms with Crippen LogP contribution in [0.5, 0.6) is 0 Å².